The molecule has 1 aliphatic carbocycles. The number of benzene rings is 2. The van der Waals surface area contributed by atoms with E-state index in [0.29, 0.717) is 25.7 Å². The van der Waals surface area contributed by atoms with Crippen LogP contribution < -0.4 is 5.32 Å². The molecule has 0 spiro atoms. The second kappa shape index (κ2) is 11.7. The van der Waals surface area contributed by atoms with Crippen molar-refractivity contribution in [3.8, 4) is 0 Å². The van der Waals surface area contributed by atoms with Gasteiger partial charge in [0, 0.05) is 0 Å². The topological polar surface area (TPSA) is 84.9 Å². The van der Waals surface area contributed by atoms with Crippen molar-refractivity contribution in [3.05, 3.63) is 71.8 Å². The lowest BCUT2D eigenvalue weighted by Gasteiger charge is -2.37. The summed E-state index contributed by atoms with van der Waals surface area (Å²) in [5, 5.41) is 13.0. The van der Waals surface area contributed by atoms with Gasteiger partial charge in [-0.25, -0.2) is 9.59 Å². The molecule has 1 fully saturated rings. The van der Waals surface area contributed by atoms with Gasteiger partial charge in [0.25, 0.3) is 0 Å². The smallest absolute Gasteiger partial charge is 0.408 e. The second-order valence-electron chi connectivity index (χ2n) is 8.64. The fourth-order valence-electron chi connectivity index (χ4n) is 4.55. The van der Waals surface area contributed by atoms with Crippen molar-refractivity contribution in [2.24, 2.45) is 5.92 Å². The van der Waals surface area contributed by atoms with Gasteiger partial charge in [-0.1, -0.05) is 73.5 Å². The molecule has 2 N–H and O–H groups in total. The highest BCUT2D eigenvalue weighted by Gasteiger charge is 2.44. The van der Waals surface area contributed by atoms with Crippen LogP contribution in [0.5, 0.6) is 0 Å². The van der Waals surface area contributed by atoms with E-state index in [9.17, 15) is 14.7 Å². The van der Waals surface area contributed by atoms with E-state index in [4.69, 9.17) is 9.47 Å². The zero-order valence-electron chi connectivity index (χ0n) is 18.7. The molecular weight excluding hydrogens is 406 g/mol. The van der Waals surface area contributed by atoms with Gasteiger partial charge in [-0.15, -0.1) is 0 Å². The predicted molar refractivity (Wildman–Crippen MR) is 122 cm³/mol. The number of carbonyl (C=O) groups excluding carboxylic acids is 2. The van der Waals surface area contributed by atoms with Crippen LogP contribution in [0.1, 0.15) is 49.7 Å². The number of methoxy groups -OCH3 is 1. The summed E-state index contributed by atoms with van der Waals surface area (Å²) in [6.45, 7) is 0.116. The minimum atomic E-state index is -1.22. The first kappa shape index (κ1) is 23.8. The van der Waals surface area contributed by atoms with E-state index >= 15 is 0 Å². The van der Waals surface area contributed by atoms with Crippen LogP contribution in [-0.2, 0) is 27.3 Å². The molecular formula is C26H33NO5. The first-order chi connectivity index (χ1) is 15.5. The highest BCUT2D eigenvalue weighted by atomic mass is 16.6. The zero-order valence-corrected chi connectivity index (χ0v) is 18.7. The molecule has 1 unspecified atom stereocenters. The molecule has 0 radical (unpaired) electrons. The number of aliphatic hydroxyl groups is 1. The summed E-state index contributed by atoms with van der Waals surface area (Å²) in [6, 6.07) is 19.3. The lowest BCUT2D eigenvalue weighted by Crippen LogP contribution is -2.56. The molecule has 0 heterocycles. The molecule has 0 aliphatic heterocycles. The first-order valence-electron chi connectivity index (χ1n) is 11.3. The number of nitrogens with one attached hydrogen (secondary N) is 1. The Balaban J connectivity index is 1.77. The molecule has 3 atom stereocenters. The van der Waals surface area contributed by atoms with Crippen molar-refractivity contribution in [3.63, 3.8) is 0 Å². The number of alkyl carbamates (subject to hydrolysis) is 1. The number of aryl methyl sites for hydroxylation is 1. The molecule has 6 nitrogen and oxygen atoms in total. The highest BCUT2D eigenvalue weighted by Crippen LogP contribution is 2.34. The van der Waals surface area contributed by atoms with E-state index in [1.54, 1.807) is 0 Å². The summed E-state index contributed by atoms with van der Waals surface area (Å²) in [5.74, 6) is -0.367. The van der Waals surface area contributed by atoms with Crippen molar-refractivity contribution < 1.29 is 24.2 Å². The van der Waals surface area contributed by atoms with Gasteiger partial charge in [0.05, 0.1) is 13.2 Å². The lowest BCUT2D eigenvalue weighted by atomic mass is 9.76. The number of esters is 1. The van der Waals surface area contributed by atoms with E-state index in [1.165, 1.54) is 7.11 Å². The molecule has 1 amide bonds. The van der Waals surface area contributed by atoms with Crippen LogP contribution in [0.25, 0.3) is 0 Å². The van der Waals surface area contributed by atoms with Crippen LogP contribution in [0.2, 0.25) is 0 Å². The Bertz CT molecular complexity index is 857. The van der Waals surface area contributed by atoms with E-state index in [0.717, 1.165) is 30.4 Å². The molecule has 2 aromatic carbocycles. The second-order valence-corrected chi connectivity index (χ2v) is 8.64. The van der Waals surface area contributed by atoms with Gasteiger partial charge in [-0.3, -0.25) is 0 Å². The number of hydrogen-bond donors (Lipinski definition) is 2. The van der Waals surface area contributed by atoms with Gasteiger partial charge in [0.15, 0.2) is 0 Å². The van der Waals surface area contributed by atoms with Gasteiger partial charge in [-0.05, 0) is 49.1 Å². The van der Waals surface area contributed by atoms with Crippen LogP contribution in [0.15, 0.2) is 60.7 Å². The molecule has 0 bridgehead atoms. The predicted octanol–water partition coefficient (Wildman–Crippen LogP) is 4.40. The molecule has 0 aromatic heterocycles. The van der Waals surface area contributed by atoms with E-state index in [-0.39, 0.29) is 18.6 Å². The Morgan fingerprint density at radius 1 is 1.03 bits per heavy atom. The molecule has 6 heteroatoms. The van der Waals surface area contributed by atoms with Crippen LogP contribution in [0.4, 0.5) is 4.79 Å². The van der Waals surface area contributed by atoms with Crippen molar-refractivity contribution in [1.82, 2.24) is 5.32 Å². The Morgan fingerprint density at radius 3 is 2.31 bits per heavy atom. The van der Waals surface area contributed by atoms with Gasteiger partial charge < -0.3 is 19.9 Å². The van der Waals surface area contributed by atoms with Gasteiger partial charge in [0.2, 0.25) is 0 Å². The SMILES string of the molecule is COC(=O)C(CCc1ccccc1)(C[C@H]1CCC[C@H](O)C1)NC(=O)OCc1ccccc1. The van der Waals surface area contributed by atoms with Crippen LogP contribution in [0, 0.1) is 5.92 Å². The van der Waals surface area contributed by atoms with Crippen molar-refractivity contribution >= 4 is 12.1 Å². The minimum absolute atomic E-state index is 0.114. The summed E-state index contributed by atoms with van der Waals surface area (Å²) in [4.78, 5) is 25.8. The molecule has 1 aliphatic rings. The molecule has 3 rings (SSSR count). The lowest BCUT2D eigenvalue weighted by molar-refractivity contribution is -0.150. The van der Waals surface area contributed by atoms with Gasteiger partial charge >= 0.3 is 12.1 Å². The van der Waals surface area contributed by atoms with Crippen LogP contribution >= 0.6 is 0 Å². The Hall–Kier alpha value is -2.86. The fourth-order valence-corrected chi connectivity index (χ4v) is 4.55. The third-order valence-corrected chi connectivity index (χ3v) is 6.21. The number of rotatable bonds is 9. The third kappa shape index (κ3) is 6.82. The number of ether oxygens (including phenoxy) is 2. The van der Waals surface area contributed by atoms with E-state index < -0.39 is 17.6 Å². The van der Waals surface area contributed by atoms with Gasteiger partial charge in [-0.2, -0.15) is 0 Å². The number of amides is 1. The van der Waals surface area contributed by atoms with Crippen molar-refractivity contribution in [2.45, 2.75) is 63.2 Å². The maximum atomic E-state index is 13.1. The van der Waals surface area contributed by atoms with Gasteiger partial charge in [0.1, 0.15) is 12.1 Å². The summed E-state index contributed by atoms with van der Waals surface area (Å²) in [6.07, 6.45) is 3.57. The molecule has 2 aromatic rings. The number of hydrogen-bond acceptors (Lipinski definition) is 5. The molecule has 0 saturated heterocycles. The summed E-state index contributed by atoms with van der Waals surface area (Å²) in [5.41, 5.74) is 0.718. The standard InChI is InChI=1S/C26H33NO5/c1-31-24(29)26(16-15-20-9-4-2-5-10-20,18-22-13-8-14-23(28)17-22)27-25(30)32-19-21-11-6-3-7-12-21/h2-7,9-12,22-23,28H,8,13-19H2,1H3,(H,27,30)/t22-,23-,26?/m0/s1. The first-order valence-corrected chi connectivity index (χ1v) is 11.3. The summed E-state index contributed by atoms with van der Waals surface area (Å²) < 4.78 is 10.6. The quantitative estimate of drug-likeness (QED) is 0.566. The molecule has 32 heavy (non-hydrogen) atoms. The Morgan fingerprint density at radius 2 is 1.69 bits per heavy atom. The maximum Gasteiger partial charge on any atom is 0.408 e. The number of aliphatic hydroxyl groups excluding tert-OH is 1. The average molecular weight is 440 g/mol. The normalized spacial score (nSPS) is 20.1. The van der Waals surface area contributed by atoms with Crippen molar-refractivity contribution in [1.29, 1.82) is 0 Å². The maximum absolute atomic E-state index is 13.1. The van der Waals surface area contributed by atoms with Crippen LogP contribution in [0.3, 0.4) is 0 Å². The Kier molecular flexibility index (Phi) is 8.68. The Labute approximate surface area is 189 Å². The van der Waals surface area contributed by atoms with E-state index in [1.807, 2.05) is 60.7 Å². The molecule has 1 saturated carbocycles. The number of carbonyl (C=O) groups is 2. The average Bonchev–Trinajstić information content (AvgIpc) is 2.82. The summed E-state index contributed by atoms with van der Waals surface area (Å²) in [7, 11) is 1.34. The van der Waals surface area contributed by atoms with Crippen molar-refractivity contribution in [2.75, 3.05) is 7.11 Å². The largest absolute Gasteiger partial charge is 0.467 e. The summed E-state index contributed by atoms with van der Waals surface area (Å²) >= 11 is 0. The highest BCUT2D eigenvalue weighted by molar-refractivity contribution is 5.85. The zero-order chi connectivity index (χ0) is 22.8. The third-order valence-electron chi connectivity index (χ3n) is 6.21. The van der Waals surface area contributed by atoms with Crippen LogP contribution in [-0.4, -0.2) is 35.9 Å². The fraction of sp³-hybridized carbons (Fsp3) is 0.462. The monoisotopic (exact) mass is 439 g/mol. The molecule has 172 valence electrons. The minimum Gasteiger partial charge on any atom is -0.467 e. The van der Waals surface area contributed by atoms with E-state index in [2.05, 4.69) is 5.32 Å².